The van der Waals surface area contributed by atoms with Crippen LogP contribution in [-0.4, -0.2) is 20.3 Å². The van der Waals surface area contributed by atoms with E-state index in [0.29, 0.717) is 13.2 Å². The van der Waals surface area contributed by atoms with Crippen LogP contribution in [0, 0.1) is 28.8 Å². The molecule has 0 aromatic heterocycles. The smallest absolute Gasteiger partial charge is 0.194 e. The fourth-order valence-electron chi connectivity index (χ4n) is 1.29. The summed E-state index contributed by atoms with van der Waals surface area (Å²) in [6.45, 7) is 0.694. The summed E-state index contributed by atoms with van der Waals surface area (Å²) in [5, 5.41) is 11.6. The molecule has 1 unspecified atom stereocenters. The van der Waals surface area contributed by atoms with Crippen LogP contribution in [0.3, 0.4) is 0 Å². The predicted octanol–water partition coefficient (Wildman–Crippen LogP) is 1.90. The molecule has 0 saturated carbocycles. The van der Waals surface area contributed by atoms with Crippen molar-refractivity contribution in [3.8, 4) is 6.07 Å². The predicted molar refractivity (Wildman–Crippen MR) is 54.5 cm³/mol. The largest absolute Gasteiger partial charge is 0.383 e. The van der Waals surface area contributed by atoms with Crippen LogP contribution in [0.4, 0.5) is 13.2 Å². The Bertz CT molecular complexity index is 408. The second-order valence-electron chi connectivity index (χ2n) is 3.31. The molecule has 0 aliphatic rings. The van der Waals surface area contributed by atoms with Crippen molar-refractivity contribution in [1.82, 2.24) is 5.32 Å². The molecule has 0 spiro atoms. The van der Waals surface area contributed by atoms with E-state index in [4.69, 9.17) is 10.00 Å². The molecule has 1 N–H and O–H groups in total. The van der Waals surface area contributed by atoms with E-state index in [1.54, 1.807) is 0 Å². The van der Waals surface area contributed by atoms with E-state index in [2.05, 4.69) is 5.32 Å². The van der Waals surface area contributed by atoms with Crippen LogP contribution in [0.2, 0.25) is 0 Å². The Morgan fingerprint density at radius 2 is 1.94 bits per heavy atom. The fraction of sp³-hybridized carbons (Fsp3) is 0.364. The summed E-state index contributed by atoms with van der Waals surface area (Å²) in [7, 11) is 1.49. The van der Waals surface area contributed by atoms with Gasteiger partial charge in [-0.2, -0.15) is 5.26 Å². The van der Waals surface area contributed by atoms with Crippen molar-refractivity contribution in [1.29, 1.82) is 5.26 Å². The molecular formula is C11H11F3N2O. The Morgan fingerprint density at radius 3 is 2.41 bits per heavy atom. The topological polar surface area (TPSA) is 45.0 Å². The van der Waals surface area contributed by atoms with Gasteiger partial charge in [-0.1, -0.05) is 0 Å². The highest BCUT2D eigenvalue weighted by molar-refractivity contribution is 5.26. The van der Waals surface area contributed by atoms with E-state index in [1.165, 1.54) is 7.11 Å². The van der Waals surface area contributed by atoms with E-state index in [1.807, 2.05) is 6.07 Å². The number of nitrogens with one attached hydrogen (secondary N) is 1. The maximum atomic E-state index is 12.9. The zero-order valence-electron chi connectivity index (χ0n) is 9.14. The number of methoxy groups -OCH3 is 1. The second kappa shape index (κ2) is 6.23. The lowest BCUT2D eigenvalue weighted by Crippen LogP contribution is -2.24. The van der Waals surface area contributed by atoms with E-state index in [-0.39, 0.29) is 5.56 Å². The van der Waals surface area contributed by atoms with Gasteiger partial charge in [0, 0.05) is 13.7 Å². The summed E-state index contributed by atoms with van der Waals surface area (Å²) >= 11 is 0. The number of halogens is 3. The molecule has 0 saturated heterocycles. The Hall–Kier alpha value is -1.58. The molecule has 0 bridgehead atoms. The average Bonchev–Trinajstić information content (AvgIpc) is 2.31. The zero-order chi connectivity index (χ0) is 12.8. The number of benzene rings is 1. The Labute approximate surface area is 96.8 Å². The molecule has 6 heteroatoms. The molecule has 92 valence electrons. The van der Waals surface area contributed by atoms with E-state index >= 15 is 0 Å². The lowest BCUT2D eigenvalue weighted by Gasteiger charge is -2.12. The summed E-state index contributed by atoms with van der Waals surface area (Å²) < 4.78 is 43.4. The molecule has 0 heterocycles. The van der Waals surface area contributed by atoms with Gasteiger partial charge in [0.1, 0.15) is 6.04 Å². The summed E-state index contributed by atoms with van der Waals surface area (Å²) in [6, 6.07) is 2.52. The van der Waals surface area contributed by atoms with Crippen molar-refractivity contribution in [2.45, 2.75) is 6.04 Å². The van der Waals surface area contributed by atoms with Gasteiger partial charge in [-0.15, -0.1) is 0 Å². The number of nitriles is 1. The van der Waals surface area contributed by atoms with Gasteiger partial charge in [0.2, 0.25) is 0 Å². The van der Waals surface area contributed by atoms with Gasteiger partial charge < -0.3 is 4.74 Å². The third-order valence-electron chi connectivity index (χ3n) is 2.12. The molecular weight excluding hydrogens is 233 g/mol. The Morgan fingerprint density at radius 1 is 1.35 bits per heavy atom. The summed E-state index contributed by atoms with van der Waals surface area (Å²) in [5.41, 5.74) is 0.0417. The normalized spacial score (nSPS) is 12.2. The zero-order valence-corrected chi connectivity index (χ0v) is 9.14. The first-order chi connectivity index (χ1) is 8.10. The first kappa shape index (κ1) is 13.5. The third-order valence-corrected chi connectivity index (χ3v) is 2.12. The highest BCUT2D eigenvalue weighted by Gasteiger charge is 2.16. The quantitative estimate of drug-likeness (QED) is 0.635. The average molecular weight is 244 g/mol. The third kappa shape index (κ3) is 3.44. The minimum absolute atomic E-state index is 0.0417. The first-order valence-electron chi connectivity index (χ1n) is 4.86. The standard InChI is InChI=1S/C11H11F3N2O/c1-17-3-2-16-10(6-15)7-4-8(12)11(14)9(13)5-7/h4-5,10,16H,2-3H2,1H3. The van der Waals surface area contributed by atoms with Crippen LogP contribution in [0.5, 0.6) is 0 Å². The number of hydrogen-bond donors (Lipinski definition) is 1. The molecule has 0 fully saturated rings. The van der Waals surface area contributed by atoms with Gasteiger partial charge in [-0.05, 0) is 17.7 Å². The van der Waals surface area contributed by atoms with Gasteiger partial charge in [-0.3, -0.25) is 5.32 Å². The van der Waals surface area contributed by atoms with E-state index in [9.17, 15) is 13.2 Å². The van der Waals surface area contributed by atoms with Gasteiger partial charge >= 0.3 is 0 Å². The minimum Gasteiger partial charge on any atom is -0.383 e. The summed E-state index contributed by atoms with van der Waals surface area (Å²) in [5.74, 6) is -4.16. The van der Waals surface area contributed by atoms with Gasteiger partial charge in [0.25, 0.3) is 0 Å². The van der Waals surface area contributed by atoms with Gasteiger partial charge in [-0.25, -0.2) is 13.2 Å². The second-order valence-corrected chi connectivity index (χ2v) is 3.31. The van der Waals surface area contributed by atoms with Crippen LogP contribution in [-0.2, 0) is 4.74 Å². The summed E-state index contributed by atoms with van der Waals surface area (Å²) in [4.78, 5) is 0. The molecule has 1 aromatic carbocycles. The van der Waals surface area contributed by atoms with Crippen molar-refractivity contribution >= 4 is 0 Å². The number of rotatable bonds is 5. The molecule has 1 rings (SSSR count). The monoisotopic (exact) mass is 244 g/mol. The van der Waals surface area contributed by atoms with Crippen LogP contribution in [0.1, 0.15) is 11.6 Å². The molecule has 0 amide bonds. The Kier molecular flexibility index (Phi) is 4.94. The Balaban J connectivity index is 2.86. The number of hydrogen-bond acceptors (Lipinski definition) is 3. The maximum absolute atomic E-state index is 12.9. The molecule has 17 heavy (non-hydrogen) atoms. The van der Waals surface area contributed by atoms with Crippen molar-refractivity contribution in [2.24, 2.45) is 0 Å². The van der Waals surface area contributed by atoms with E-state index in [0.717, 1.165) is 12.1 Å². The molecule has 3 nitrogen and oxygen atoms in total. The van der Waals surface area contributed by atoms with Crippen LogP contribution in [0.15, 0.2) is 12.1 Å². The first-order valence-corrected chi connectivity index (χ1v) is 4.86. The molecule has 0 aliphatic carbocycles. The van der Waals surface area contributed by atoms with Crippen molar-refractivity contribution in [2.75, 3.05) is 20.3 Å². The highest BCUT2D eigenvalue weighted by atomic mass is 19.2. The van der Waals surface area contributed by atoms with Crippen LogP contribution >= 0.6 is 0 Å². The SMILES string of the molecule is COCCNC(C#N)c1cc(F)c(F)c(F)c1. The van der Waals surface area contributed by atoms with Crippen LogP contribution < -0.4 is 5.32 Å². The number of nitrogens with zero attached hydrogens (tertiary/aromatic N) is 1. The van der Waals surface area contributed by atoms with Crippen LogP contribution in [0.25, 0.3) is 0 Å². The van der Waals surface area contributed by atoms with Crippen molar-refractivity contribution < 1.29 is 17.9 Å². The highest BCUT2D eigenvalue weighted by Crippen LogP contribution is 2.18. The van der Waals surface area contributed by atoms with Gasteiger partial charge in [0.15, 0.2) is 17.5 Å². The lowest BCUT2D eigenvalue weighted by atomic mass is 10.1. The number of ether oxygens (including phenoxy) is 1. The maximum Gasteiger partial charge on any atom is 0.194 e. The summed E-state index contributed by atoms with van der Waals surface area (Å²) in [6.07, 6.45) is 0. The molecule has 1 atom stereocenters. The minimum atomic E-state index is -1.54. The molecule has 1 aromatic rings. The molecule has 0 aliphatic heterocycles. The van der Waals surface area contributed by atoms with Crippen molar-refractivity contribution in [3.63, 3.8) is 0 Å². The van der Waals surface area contributed by atoms with E-state index < -0.39 is 23.5 Å². The lowest BCUT2D eigenvalue weighted by molar-refractivity contribution is 0.198. The van der Waals surface area contributed by atoms with Gasteiger partial charge in [0.05, 0.1) is 12.7 Å². The van der Waals surface area contributed by atoms with Crippen molar-refractivity contribution in [3.05, 3.63) is 35.1 Å². The fourth-order valence-corrected chi connectivity index (χ4v) is 1.29. The molecule has 0 radical (unpaired) electrons.